The Hall–Kier alpha value is -2.37. The van der Waals surface area contributed by atoms with E-state index in [4.69, 9.17) is 9.47 Å². The van der Waals surface area contributed by atoms with Gasteiger partial charge in [0.25, 0.3) is 0 Å². The zero-order chi connectivity index (χ0) is 18.1. The number of amides is 1. The van der Waals surface area contributed by atoms with Crippen LogP contribution in [0.4, 0.5) is 0 Å². The summed E-state index contributed by atoms with van der Waals surface area (Å²) in [7, 11) is 1.59. The quantitative estimate of drug-likeness (QED) is 0.450. The lowest BCUT2D eigenvalue weighted by molar-refractivity contribution is -0.146. The number of hydrogen-bond donors (Lipinski definition) is 1. The van der Waals surface area contributed by atoms with Crippen molar-refractivity contribution in [2.24, 2.45) is 16.9 Å². The summed E-state index contributed by atoms with van der Waals surface area (Å²) in [6.45, 7) is 7.63. The number of carbonyl (C=O) groups excluding carboxylic acids is 2. The van der Waals surface area contributed by atoms with Gasteiger partial charge in [0, 0.05) is 5.71 Å². The predicted octanol–water partition coefficient (Wildman–Crippen LogP) is 2.57. The van der Waals surface area contributed by atoms with E-state index in [9.17, 15) is 9.59 Å². The van der Waals surface area contributed by atoms with Crippen LogP contribution in [0.3, 0.4) is 0 Å². The fourth-order valence-electron chi connectivity index (χ4n) is 2.35. The largest absolute Gasteiger partial charge is 0.497 e. The zero-order valence-electron chi connectivity index (χ0n) is 15.0. The third kappa shape index (κ3) is 6.02. The summed E-state index contributed by atoms with van der Waals surface area (Å²) in [6, 6.07) is 7.24. The second-order valence-corrected chi connectivity index (χ2v) is 5.79. The van der Waals surface area contributed by atoms with Crippen molar-refractivity contribution in [2.45, 2.75) is 34.1 Å². The molecule has 0 bridgehead atoms. The van der Waals surface area contributed by atoms with Crippen LogP contribution >= 0.6 is 0 Å². The van der Waals surface area contributed by atoms with Crippen LogP contribution in [0.5, 0.6) is 5.75 Å². The summed E-state index contributed by atoms with van der Waals surface area (Å²) < 4.78 is 10.1. The molecule has 0 spiro atoms. The summed E-state index contributed by atoms with van der Waals surface area (Å²) in [6.07, 6.45) is 0.201. The molecule has 1 atom stereocenters. The molecule has 1 aromatic rings. The molecule has 1 rings (SSSR count). The Labute approximate surface area is 143 Å². The first kappa shape index (κ1) is 19.7. The van der Waals surface area contributed by atoms with E-state index < -0.39 is 5.92 Å². The Morgan fingerprint density at radius 1 is 1.21 bits per heavy atom. The molecule has 6 heteroatoms. The second kappa shape index (κ2) is 9.70. The molecule has 0 aromatic heterocycles. The molecule has 0 heterocycles. The van der Waals surface area contributed by atoms with E-state index in [0.29, 0.717) is 12.3 Å². The number of carbonyl (C=O) groups is 2. The Balaban J connectivity index is 2.67. The number of hydrazone groups is 1. The van der Waals surface area contributed by atoms with Crippen molar-refractivity contribution >= 4 is 17.6 Å². The lowest BCUT2D eigenvalue weighted by Gasteiger charge is -2.18. The Morgan fingerprint density at radius 2 is 1.83 bits per heavy atom. The molecule has 0 fully saturated rings. The first-order valence-electron chi connectivity index (χ1n) is 8.01. The maximum Gasteiger partial charge on any atom is 0.314 e. The highest BCUT2D eigenvalue weighted by molar-refractivity contribution is 6.01. The molecule has 0 aliphatic rings. The highest BCUT2D eigenvalue weighted by Gasteiger charge is 2.26. The van der Waals surface area contributed by atoms with E-state index in [0.717, 1.165) is 11.3 Å². The van der Waals surface area contributed by atoms with E-state index in [1.165, 1.54) is 0 Å². The van der Waals surface area contributed by atoms with Crippen molar-refractivity contribution in [3.05, 3.63) is 29.8 Å². The van der Waals surface area contributed by atoms with Gasteiger partial charge in [-0.3, -0.25) is 9.59 Å². The first-order valence-corrected chi connectivity index (χ1v) is 8.01. The Kier molecular flexibility index (Phi) is 7.95. The predicted molar refractivity (Wildman–Crippen MR) is 92.9 cm³/mol. The maximum atomic E-state index is 12.0. The fourth-order valence-corrected chi connectivity index (χ4v) is 2.35. The van der Waals surface area contributed by atoms with E-state index >= 15 is 0 Å². The summed E-state index contributed by atoms with van der Waals surface area (Å²) in [5.41, 5.74) is 3.89. The SMILES string of the molecule is CCOC(=O)C(C(C)=NNC(=O)Cc1ccc(OC)cc1)C(C)C. The smallest absolute Gasteiger partial charge is 0.314 e. The van der Waals surface area contributed by atoms with Gasteiger partial charge in [-0.25, -0.2) is 5.43 Å². The summed E-state index contributed by atoms with van der Waals surface area (Å²) in [4.78, 5) is 24.0. The first-order chi connectivity index (χ1) is 11.4. The number of nitrogens with one attached hydrogen (secondary N) is 1. The van der Waals surface area contributed by atoms with Gasteiger partial charge in [-0.15, -0.1) is 0 Å². The Bertz CT molecular complexity index is 579. The number of methoxy groups -OCH3 is 1. The van der Waals surface area contributed by atoms with Crippen LogP contribution < -0.4 is 10.2 Å². The molecule has 132 valence electrons. The molecule has 1 amide bonds. The molecule has 0 aliphatic heterocycles. The van der Waals surface area contributed by atoms with E-state index in [2.05, 4.69) is 10.5 Å². The molecular formula is C18H26N2O4. The number of esters is 1. The summed E-state index contributed by atoms with van der Waals surface area (Å²) in [5, 5.41) is 4.07. The molecule has 0 saturated heterocycles. The molecule has 1 N–H and O–H groups in total. The minimum absolute atomic E-state index is 0.0336. The lowest BCUT2D eigenvalue weighted by Crippen LogP contribution is -2.31. The van der Waals surface area contributed by atoms with Gasteiger partial charge in [-0.05, 0) is 37.5 Å². The van der Waals surface area contributed by atoms with Crippen LogP contribution in [0.15, 0.2) is 29.4 Å². The average molecular weight is 334 g/mol. The van der Waals surface area contributed by atoms with Crippen LogP contribution in [0, 0.1) is 11.8 Å². The van der Waals surface area contributed by atoms with Crippen LogP contribution in [0.2, 0.25) is 0 Å². The minimum atomic E-state index is -0.466. The van der Waals surface area contributed by atoms with Gasteiger partial charge in [0.2, 0.25) is 5.91 Å². The number of ether oxygens (including phenoxy) is 2. The standard InChI is InChI=1S/C18H26N2O4/c1-6-24-18(22)17(12(2)3)13(4)19-20-16(21)11-14-7-9-15(23-5)10-8-14/h7-10,12,17H,6,11H2,1-5H3,(H,20,21). The highest BCUT2D eigenvalue weighted by Crippen LogP contribution is 2.15. The van der Waals surface area contributed by atoms with E-state index in [-0.39, 0.29) is 24.2 Å². The average Bonchev–Trinajstić information content (AvgIpc) is 2.53. The maximum absolute atomic E-state index is 12.0. The number of nitrogens with zero attached hydrogens (tertiary/aromatic N) is 1. The highest BCUT2D eigenvalue weighted by atomic mass is 16.5. The van der Waals surface area contributed by atoms with Crippen LogP contribution in [0.25, 0.3) is 0 Å². The molecule has 1 unspecified atom stereocenters. The van der Waals surface area contributed by atoms with Crippen LogP contribution in [0.1, 0.15) is 33.3 Å². The molecule has 6 nitrogen and oxygen atoms in total. The summed E-state index contributed by atoms with van der Waals surface area (Å²) >= 11 is 0. The Morgan fingerprint density at radius 3 is 2.33 bits per heavy atom. The molecule has 0 saturated carbocycles. The third-order valence-electron chi connectivity index (χ3n) is 3.54. The normalized spacial score (nSPS) is 12.7. The van der Waals surface area contributed by atoms with Crippen molar-refractivity contribution in [1.29, 1.82) is 0 Å². The second-order valence-electron chi connectivity index (χ2n) is 5.79. The molecule has 24 heavy (non-hydrogen) atoms. The minimum Gasteiger partial charge on any atom is -0.497 e. The van der Waals surface area contributed by atoms with Gasteiger partial charge < -0.3 is 9.47 Å². The zero-order valence-corrected chi connectivity index (χ0v) is 15.0. The van der Waals surface area contributed by atoms with E-state index in [1.54, 1.807) is 33.1 Å². The van der Waals surface area contributed by atoms with Crippen LogP contribution in [-0.2, 0) is 20.7 Å². The monoisotopic (exact) mass is 334 g/mol. The molecule has 1 aromatic carbocycles. The van der Waals surface area contributed by atoms with Crippen molar-refractivity contribution < 1.29 is 19.1 Å². The third-order valence-corrected chi connectivity index (χ3v) is 3.54. The molecular weight excluding hydrogens is 308 g/mol. The van der Waals surface area contributed by atoms with E-state index in [1.807, 2.05) is 26.0 Å². The lowest BCUT2D eigenvalue weighted by atomic mass is 9.92. The molecule has 0 aliphatic carbocycles. The van der Waals surface area contributed by atoms with Gasteiger partial charge >= 0.3 is 5.97 Å². The number of hydrogen-bond acceptors (Lipinski definition) is 5. The van der Waals surface area contributed by atoms with Gasteiger partial charge in [0.05, 0.1) is 26.1 Å². The van der Waals surface area contributed by atoms with Gasteiger partial charge in [-0.2, -0.15) is 5.10 Å². The number of benzene rings is 1. The van der Waals surface area contributed by atoms with Gasteiger partial charge in [0.15, 0.2) is 0 Å². The van der Waals surface area contributed by atoms with Gasteiger partial charge in [-0.1, -0.05) is 26.0 Å². The molecule has 0 radical (unpaired) electrons. The fraction of sp³-hybridized carbons (Fsp3) is 0.500. The topological polar surface area (TPSA) is 77.0 Å². The summed E-state index contributed by atoms with van der Waals surface area (Å²) in [5.74, 6) is -0.260. The van der Waals surface area contributed by atoms with Crippen molar-refractivity contribution in [2.75, 3.05) is 13.7 Å². The van der Waals surface area contributed by atoms with Crippen LogP contribution in [-0.4, -0.2) is 31.3 Å². The van der Waals surface area contributed by atoms with Gasteiger partial charge in [0.1, 0.15) is 5.75 Å². The number of rotatable bonds is 8. The van der Waals surface area contributed by atoms with Crippen molar-refractivity contribution in [1.82, 2.24) is 5.43 Å². The van der Waals surface area contributed by atoms with Crippen molar-refractivity contribution in [3.63, 3.8) is 0 Å². The van der Waals surface area contributed by atoms with Crippen molar-refractivity contribution in [3.8, 4) is 5.75 Å².